The van der Waals surface area contributed by atoms with Crippen LogP contribution in [-0.2, 0) is 14.6 Å². The van der Waals surface area contributed by atoms with Crippen LogP contribution < -0.4 is 5.32 Å². The summed E-state index contributed by atoms with van der Waals surface area (Å²) in [4.78, 5) is 11.9. The van der Waals surface area contributed by atoms with Gasteiger partial charge in [-0.15, -0.1) is 0 Å². The average Bonchev–Trinajstić information content (AvgIpc) is 2.83. The molecule has 2 aromatic rings. The zero-order valence-corrected chi connectivity index (χ0v) is 14.5. The smallest absolute Gasteiger partial charge is 0.248 e. The second-order valence-electron chi connectivity index (χ2n) is 4.38. The first-order chi connectivity index (χ1) is 10.3. The maximum absolute atomic E-state index is 11.8. The molecule has 0 aliphatic rings. The summed E-state index contributed by atoms with van der Waals surface area (Å²) in [5.74, 6) is 0.0399. The number of amides is 1. The van der Waals surface area contributed by atoms with E-state index in [0.717, 1.165) is 6.26 Å². The Morgan fingerprint density at radius 1 is 1.32 bits per heavy atom. The predicted octanol–water partition coefficient (Wildman–Crippen LogP) is 3.75. The van der Waals surface area contributed by atoms with Crippen molar-refractivity contribution in [2.24, 2.45) is 0 Å². The Morgan fingerprint density at radius 3 is 2.64 bits per heavy atom. The van der Waals surface area contributed by atoms with Gasteiger partial charge < -0.3 is 9.73 Å². The van der Waals surface area contributed by atoms with Crippen molar-refractivity contribution in [3.8, 4) is 0 Å². The van der Waals surface area contributed by atoms with Crippen molar-refractivity contribution in [2.45, 2.75) is 4.90 Å². The maximum Gasteiger partial charge on any atom is 0.248 e. The molecule has 5 nitrogen and oxygen atoms in total. The van der Waals surface area contributed by atoms with Gasteiger partial charge in [-0.1, -0.05) is 11.6 Å². The molecule has 1 heterocycles. The van der Waals surface area contributed by atoms with Gasteiger partial charge in [0.15, 0.2) is 14.5 Å². The van der Waals surface area contributed by atoms with Crippen LogP contribution in [0.2, 0.25) is 5.02 Å². The van der Waals surface area contributed by atoms with Gasteiger partial charge in [-0.2, -0.15) is 0 Å². The van der Waals surface area contributed by atoms with Crippen LogP contribution in [-0.4, -0.2) is 20.6 Å². The Labute approximate surface area is 141 Å². The minimum atomic E-state index is -3.38. The first-order valence-corrected chi connectivity index (χ1v) is 9.06. The Hall–Kier alpha value is -1.57. The Bertz CT molecular complexity index is 842. The van der Waals surface area contributed by atoms with Crippen molar-refractivity contribution in [3.63, 3.8) is 0 Å². The van der Waals surface area contributed by atoms with Gasteiger partial charge in [0.1, 0.15) is 5.76 Å². The van der Waals surface area contributed by atoms with E-state index in [-0.39, 0.29) is 15.6 Å². The highest BCUT2D eigenvalue weighted by Crippen LogP contribution is 2.25. The van der Waals surface area contributed by atoms with Crippen molar-refractivity contribution in [3.05, 3.63) is 51.9 Å². The molecule has 0 fully saturated rings. The number of carbonyl (C=O) groups is 1. The number of sulfone groups is 1. The molecule has 1 aromatic heterocycles. The summed E-state index contributed by atoms with van der Waals surface area (Å²) < 4.78 is 28.8. The molecule has 0 atom stereocenters. The van der Waals surface area contributed by atoms with Crippen molar-refractivity contribution in [1.82, 2.24) is 0 Å². The van der Waals surface area contributed by atoms with Gasteiger partial charge in [0.05, 0.1) is 15.6 Å². The zero-order valence-electron chi connectivity index (χ0n) is 11.3. The van der Waals surface area contributed by atoms with Crippen molar-refractivity contribution >= 4 is 55.0 Å². The van der Waals surface area contributed by atoms with Crippen molar-refractivity contribution < 1.29 is 17.6 Å². The molecule has 0 spiro atoms. The molecule has 0 saturated carbocycles. The summed E-state index contributed by atoms with van der Waals surface area (Å²) in [5.41, 5.74) is 0.222. The summed E-state index contributed by atoms with van der Waals surface area (Å²) in [7, 11) is -3.38. The number of carbonyl (C=O) groups excluding carboxylic acids is 1. The third kappa shape index (κ3) is 4.46. The van der Waals surface area contributed by atoms with Crippen LogP contribution in [0, 0.1) is 0 Å². The lowest BCUT2D eigenvalue weighted by Crippen LogP contribution is -2.09. The Morgan fingerprint density at radius 2 is 2.05 bits per heavy atom. The van der Waals surface area contributed by atoms with Gasteiger partial charge in [-0.05, 0) is 52.3 Å². The molecule has 1 aromatic carbocycles. The molecule has 0 aliphatic carbocycles. The van der Waals surface area contributed by atoms with Gasteiger partial charge in [0, 0.05) is 12.3 Å². The van der Waals surface area contributed by atoms with Gasteiger partial charge in [0.25, 0.3) is 0 Å². The van der Waals surface area contributed by atoms with Crippen molar-refractivity contribution in [1.29, 1.82) is 0 Å². The van der Waals surface area contributed by atoms with E-state index < -0.39 is 15.7 Å². The lowest BCUT2D eigenvalue weighted by molar-refractivity contribution is -0.111. The van der Waals surface area contributed by atoms with Crippen LogP contribution >= 0.6 is 27.5 Å². The number of hydrogen-bond acceptors (Lipinski definition) is 4. The standard InChI is InChI=1S/C14H11BrClNO4S/c1-22(19,20)10-4-5-11(16)12(8-10)17-14(18)7-3-9-2-6-13(15)21-9/h2-8H,1H3,(H,17,18). The third-order valence-corrected chi connectivity index (χ3v) is 4.48. The average molecular weight is 405 g/mol. The number of hydrogen-bond donors (Lipinski definition) is 1. The monoisotopic (exact) mass is 403 g/mol. The molecule has 116 valence electrons. The molecule has 2 rings (SSSR count). The first-order valence-electron chi connectivity index (χ1n) is 6.00. The summed E-state index contributed by atoms with van der Waals surface area (Å²) in [5, 5.41) is 2.77. The number of rotatable bonds is 4. The van der Waals surface area contributed by atoms with Crippen LogP contribution in [0.25, 0.3) is 6.08 Å². The van der Waals surface area contributed by atoms with E-state index in [9.17, 15) is 13.2 Å². The quantitative estimate of drug-likeness (QED) is 0.787. The van der Waals surface area contributed by atoms with E-state index in [1.54, 1.807) is 12.1 Å². The fraction of sp³-hybridized carbons (Fsp3) is 0.0714. The molecule has 22 heavy (non-hydrogen) atoms. The molecule has 0 aliphatic heterocycles. The van der Waals surface area contributed by atoms with E-state index in [1.165, 1.54) is 30.4 Å². The minimum absolute atomic E-state index is 0.0751. The Kier molecular flexibility index (Phi) is 5.10. The fourth-order valence-corrected chi connectivity index (χ4v) is 2.71. The van der Waals surface area contributed by atoms with E-state index in [2.05, 4.69) is 21.2 Å². The van der Waals surface area contributed by atoms with E-state index in [0.29, 0.717) is 10.4 Å². The van der Waals surface area contributed by atoms with Gasteiger partial charge in [0.2, 0.25) is 5.91 Å². The number of furan rings is 1. The number of halogens is 2. The minimum Gasteiger partial charge on any atom is -0.450 e. The van der Waals surface area contributed by atoms with Crippen LogP contribution in [0.4, 0.5) is 5.69 Å². The van der Waals surface area contributed by atoms with Crippen LogP contribution in [0.5, 0.6) is 0 Å². The van der Waals surface area contributed by atoms with Gasteiger partial charge >= 0.3 is 0 Å². The first kappa shape index (κ1) is 16.8. The second-order valence-corrected chi connectivity index (χ2v) is 7.58. The number of benzene rings is 1. The van der Waals surface area contributed by atoms with Gasteiger partial charge in [-0.25, -0.2) is 8.42 Å². The van der Waals surface area contributed by atoms with Crippen LogP contribution in [0.3, 0.4) is 0 Å². The summed E-state index contributed by atoms with van der Waals surface area (Å²) in [6.07, 6.45) is 3.82. The van der Waals surface area contributed by atoms with Crippen LogP contribution in [0.1, 0.15) is 5.76 Å². The highest BCUT2D eigenvalue weighted by Gasteiger charge is 2.11. The lowest BCUT2D eigenvalue weighted by Gasteiger charge is -2.07. The fourth-order valence-electron chi connectivity index (χ4n) is 1.58. The molecule has 0 saturated heterocycles. The molecule has 1 N–H and O–H groups in total. The van der Waals surface area contributed by atoms with Crippen LogP contribution in [0.15, 0.2) is 50.4 Å². The molecular weight excluding hydrogens is 394 g/mol. The molecule has 0 radical (unpaired) electrons. The summed E-state index contributed by atoms with van der Waals surface area (Å²) in [6, 6.07) is 7.49. The summed E-state index contributed by atoms with van der Waals surface area (Å²) >= 11 is 9.11. The highest BCUT2D eigenvalue weighted by molar-refractivity contribution is 9.10. The van der Waals surface area contributed by atoms with Gasteiger partial charge in [-0.3, -0.25) is 4.79 Å². The molecule has 0 unspecified atom stereocenters. The third-order valence-electron chi connectivity index (χ3n) is 2.62. The molecule has 1 amide bonds. The highest BCUT2D eigenvalue weighted by atomic mass is 79.9. The Balaban J connectivity index is 2.16. The molecule has 0 bridgehead atoms. The summed E-state index contributed by atoms with van der Waals surface area (Å²) in [6.45, 7) is 0. The second kappa shape index (κ2) is 6.68. The predicted molar refractivity (Wildman–Crippen MR) is 88.6 cm³/mol. The lowest BCUT2D eigenvalue weighted by atomic mass is 10.3. The maximum atomic E-state index is 11.8. The topological polar surface area (TPSA) is 76.4 Å². The number of nitrogens with one attached hydrogen (secondary N) is 1. The zero-order chi connectivity index (χ0) is 16.3. The van der Waals surface area contributed by atoms with E-state index in [4.69, 9.17) is 16.0 Å². The largest absolute Gasteiger partial charge is 0.450 e. The molecular formula is C14H11BrClNO4S. The van der Waals surface area contributed by atoms with Crippen molar-refractivity contribution in [2.75, 3.05) is 11.6 Å². The van der Waals surface area contributed by atoms with E-state index >= 15 is 0 Å². The number of anilines is 1. The normalized spacial score (nSPS) is 11.8. The molecule has 8 heteroatoms. The SMILES string of the molecule is CS(=O)(=O)c1ccc(Cl)c(NC(=O)C=Cc2ccc(Br)o2)c1. The van der Waals surface area contributed by atoms with E-state index in [1.807, 2.05) is 0 Å².